The van der Waals surface area contributed by atoms with Gasteiger partial charge in [-0.05, 0) is 85.3 Å². The Morgan fingerprint density at radius 3 is 2.22 bits per heavy atom. The van der Waals surface area contributed by atoms with Crippen molar-refractivity contribution in [2.24, 2.45) is 17.8 Å². The molecule has 0 aromatic heterocycles. The summed E-state index contributed by atoms with van der Waals surface area (Å²) in [6.45, 7) is 2.28. The van der Waals surface area contributed by atoms with Crippen molar-refractivity contribution in [3.05, 3.63) is 70.0 Å². The molecule has 0 spiro atoms. The van der Waals surface area contributed by atoms with Gasteiger partial charge in [0.15, 0.2) is 17.5 Å². The predicted molar refractivity (Wildman–Crippen MR) is 124 cm³/mol. The zero-order valence-electron chi connectivity index (χ0n) is 19.0. The van der Waals surface area contributed by atoms with E-state index in [0.29, 0.717) is 0 Å². The Morgan fingerprint density at radius 2 is 1.50 bits per heavy atom. The lowest BCUT2D eigenvalue weighted by molar-refractivity contribution is 0.183. The molecule has 0 radical (unpaired) electrons. The highest BCUT2D eigenvalue weighted by Crippen LogP contribution is 2.40. The van der Waals surface area contributed by atoms with Crippen LogP contribution in [0.15, 0.2) is 30.3 Å². The van der Waals surface area contributed by atoms with Crippen LogP contribution in [-0.2, 0) is 12.8 Å². The Labute approximate surface area is 190 Å². The fourth-order valence-electron chi connectivity index (χ4n) is 5.67. The average Bonchev–Trinajstić information content (AvgIpc) is 2.81. The molecule has 32 heavy (non-hydrogen) atoms. The molecule has 0 aliphatic heterocycles. The molecule has 0 bridgehead atoms. The lowest BCUT2D eigenvalue weighted by Gasteiger charge is -2.36. The molecule has 2 aromatic rings. The molecule has 1 saturated carbocycles. The van der Waals surface area contributed by atoms with E-state index < -0.39 is 17.5 Å². The third-order valence-corrected chi connectivity index (χ3v) is 7.58. The van der Waals surface area contributed by atoms with Crippen molar-refractivity contribution >= 4 is 0 Å². The molecule has 170 valence electrons. The van der Waals surface area contributed by atoms with Gasteiger partial charge in [-0.15, -0.1) is 0 Å². The monoisotopic (exact) mass is 438 g/mol. The van der Waals surface area contributed by atoms with Gasteiger partial charge in [-0.25, -0.2) is 13.2 Å². The van der Waals surface area contributed by atoms with Gasteiger partial charge >= 0.3 is 0 Å². The van der Waals surface area contributed by atoms with Gasteiger partial charge in [-0.2, -0.15) is 0 Å². The zero-order chi connectivity index (χ0) is 22.5. The third kappa shape index (κ3) is 5.58. The molecule has 2 aliphatic carbocycles. The first kappa shape index (κ1) is 23.0. The minimum atomic E-state index is -1.45. The second kappa shape index (κ2) is 10.6. The van der Waals surface area contributed by atoms with E-state index in [1.807, 2.05) is 6.07 Å². The first-order valence-corrected chi connectivity index (χ1v) is 12.3. The highest BCUT2D eigenvalue weighted by atomic mass is 19.2. The highest BCUT2D eigenvalue weighted by molar-refractivity contribution is 5.46. The fraction of sp³-hybridized carbons (Fsp3) is 0.517. The minimum Gasteiger partial charge on any atom is -0.204 e. The lowest BCUT2D eigenvalue weighted by atomic mass is 9.69. The van der Waals surface area contributed by atoms with Crippen LogP contribution in [0.4, 0.5) is 13.2 Å². The Hall–Kier alpha value is -2.21. The summed E-state index contributed by atoms with van der Waals surface area (Å²) in [4.78, 5) is 0. The van der Waals surface area contributed by atoms with Crippen LogP contribution in [0.5, 0.6) is 0 Å². The Balaban J connectivity index is 1.35. The van der Waals surface area contributed by atoms with E-state index >= 15 is 0 Å². The van der Waals surface area contributed by atoms with Gasteiger partial charge in [0, 0.05) is 11.1 Å². The maximum Gasteiger partial charge on any atom is 0.194 e. The van der Waals surface area contributed by atoms with Crippen molar-refractivity contribution in [2.75, 3.05) is 0 Å². The Kier molecular flexibility index (Phi) is 7.61. The van der Waals surface area contributed by atoms with Crippen molar-refractivity contribution < 1.29 is 13.2 Å². The second-order valence-electron chi connectivity index (χ2n) is 9.77. The van der Waals surface area contributed by atoms with Crippen LogP contribution in [0.3, 0.4) is 0 Å². The van der Waals surface area contributed by atoms with E-state index in [-0.39, 0.29) is 5.56 Å². The smallest absolute Gasteiger partial charge is 0.194 e. The summed E-state index contributed by atoms with van der Waals surface area (Å²) >= 11 is 0. The van der Waals surface area contributed by atoms with Gasteiger partial charge in [0.25, 0.3) is 0 Å². The summed E-state index contributed by atoms with van der Waals surface area (Å²) in [6, 6.07) is 8.15. The highest BCUT2D eigenvalue weighted by Gasteiger charge is 2.30. The Morgan fingerprint density at radius 1 is 0.781 bits per heavy atom. The number of rotatable bonds is 5. The largest absolute Gasteiger partial charge is 0.204 e. The summed E-state index contributed by atoms with van der Waals surface area (Å²) in [7, 11) is 0. The first-order valence-electron chi connectivity index (χ1n) is 12.3. The standard InChI is InChI=1S/C29H33F3/c1-2-3-4-5-20-8-11-23(12-9-20)25-15-14-24-16-21(10-13-26(24)19-25)6-7-22-17-27(30)29(32)28(31)18-22/h10,13,16-18,20,23,25H,2-5,8-9,11-12,14-15,19H2,1H3. The molecule has 0 heterocycles. The SMILES string of the molecule is CCCCCC1CCC(C2CCc3cc(C#Cc4cc(F)c(F)c(F)c4)ccc3C2)CC1. The Bertz CT molecular complexity index is 966. The van der Waals surface area contributed by atoms with E-state index in [0.717, 1.165) is 48.3 Å². The fourth-order valence-corrected chi connectivity index (χ4v) is 5.67. The average molecular weight is 439 g/mol. The van der Waals surface area contributed by atoms with Gasteiger partial charge in [-0.3, -0.25) is 0 Å². The number of hydrogen-bond acceptors (Lipinski definition) is 0. The molecule has 2 aromatic carbocycles. The van der Waals surface area contributed by atoms with Crippen LogP contribution >= 0.6 is 0 Å². The van der Waals surface area contributed by atoms with Crippen molar-refractivity contribution in [2.45, 2.75) is 77.6 Å². The van der Waals surface area contributed by atoms with Crippen LogP contribution < -0.4 is 0 Å². The number of unbranched alkanes of at least 4 members (excludes halogenated alkanes) is 2. The first-order chi connectivity index (χ1) is 15.5. The van der Waals surface area contributed by atoms with Crippen LogP contribution in [0.25, 0.3) is 0 Å². The van der Waals surface area contributed by atoms with Crippen molar-refractivity contribution in [3.63, 3.8) is 0 Å². The van der Waals surface area contributed by atoms with Crippen molar-refractivity contribution in [1.29, 1.82) is 0 Å². The lowest BCUT2D eigenvalue weighted by Crippen LogP contribution is -2.26. The number of halogens is 3. The van der Waals surface area contributed by atoms with E-state index in [9.17, 15) is 13.2 Å². The maximum atomic E-state index is 13.4. The van der Waals surface area contributed by atoms with Gasteiger partial charge in [0.2, 0.25) is 0 Å². The molecule has 1 atom stereocenters. The van der Waals surface area contributed by atoms with E-state index in [1.54, 1.807) is 0 Å². The van der Waals surface area contributed by atoms with Crippen LogP contribution in [0.2, 0.25) is 0 Å². The number of benzene rings is 2. The number of aryl methyl sites for hydroxylation is 1. The minimum absolute atomic E-state index is 0.143. The van der Waals surface area contributed by atoms with E-state index in [2.05, 4.69) is 30.9 Å². The van der Waals surface area contributed by atoms with Crippen molar-refractivity contribution in [1.82, 2.24) is 0 Å². The molecule has 0 saturated heterocycles. The van der Waals surface area contributed by atoms with Gasteiger partial charge in [0.05, 0.1) is 0 Å². The zero-order valence-corrected chi connectivity index (χ0v) is 19.0. The summed E-state index contributed by atoms with van der Waals surface area (Å²) in [5, 5.41) is 0. The third-order valence-electron chi connectivity index (χ3n) is 7.58. The number of fused-ring (bicyclic) bond motifs is 1. The maximum absolute atomic E-state index is 13.4. The molecule has 4 rings (SSSR count). The van der Waals surface area contributed by atoms with Gasteiger partial charge < -0.3 is 0 Å². The summed E-state index contributed by atoms with van der Waals surface area (Å²) in [5.74, 6) is 4.49. The molecule has 0 amide bonds. The van der Waals surface area contributed by atoms with Gasteiger partial charge in [0.1, 0.15) is 0 Å². The summed E-state index contributed by atoms with van der Waals surface area (Å²) < 4.78 is 39.9. The summed E-state index contributed by atoms with van der Waals surface area (Å²) in [6.07, 6.45) is 14.6. The molecule has 1 fully saturated rings. The molecule has 0 N–H and O–H groups in total. The topological polar surface area (TPSA) is 0 Å². The quantitative estimate of drug-likeness (QED) is 0.252. The molecule has 1 unspecified atom stereocenters. The molecule has 3 heteroatoms. The van der Waals surface area contributed by atoms with E-state index in [4.69, 9.17) is 0 Å². The van der Waals surface area contributed by atoms with E-state index in [1.165, 1.54) is 68.9 Å². The normalized spacial score (nSPS) is 22.7. The predicted octanol–water partition coefficient (Wildman–Crippen LogP) is 8.00. The summed E-state index contributed by atoms with van der Waals surface area (Å²) in [5.41, 5.74) is 3.75. The van der Waals surface area contributed by atoms with Crippen LogP contribution in [-0.4, -0.2) is 0 Å². The molecule has 2 aliphatic rings. The molecule has 0 nitrogen and oxygen atoms in total. The molecular formula is C29H33F3. The number of hydrogen-bond donors (Lipinski definition) is 0. The van der Waals surface area contributed by atoms with Gasteiger partial charge in [-0.1, -0.05) is 63.4 Å². The van der Waals surface area contributed by atoms with Crippen LogP contribution in [0.1, 0.15) is 87.0 Å². The van der Waals surface area contributed by atoms with Crippen molar-refractivity contribution in [3.8, 4) is 11.8 Å². The van der Waals surface area contributed by atoms with Crippen LogP contribution in [0, 0.1) is 47.0 Å². The molecular weight excluding hydrogens is 405 g/mol. The second-order valence-corrected chi connectivity index (χ2v) is 9.77.